The van der Waals surface area contributed by atoms with Gasteiger partial charge in [-0.15, -0.1) is 0 Å². The molecule has 20 nitrogen and oxygen atoms in total. The molecule has 2 amide bonds. The summed E-state index contributed by atoms with van der Waals surface area (Å²) in [6, 6.07) is 3.43. The zero-order valence-electron chi connectivity index (χ0n) is 30.7. The third-order valence-corrected chi connectivity index (χ3v) is 10.8. The molecule has 4 rings (SSSR count). The average Bonchev–Trinajstić information content (AvgIpc) is 3.72. The summed E-state index contributed by atoms with van der Waals surface area (Å²) in [7, 11) is -4.29. The third-order valence-electron chi connectivity index (χ3n) is 9.07. The van der Waals surface area contributed by atoms with Crippen LogP contribution < -0.4 is 16.1 Å². The van der Waals surface area contributed by atoms with Crippen molar-refractivity contribution in [3.8, 4) is 0 Å². The topological polar surface area (TPSA) is 291 Å². The van der Waals surface area contributed by atoms with Gasteiger partial charge in [-0.2, -0.15) is 4.94 Å². The zero-order valence-corrected chi connectivity index (χ0v) is 31.5. The summed E-state index contributed by atoms with van der Waals surface area (Å²) in [6.07, 6.45) is 4.60. The normalized spacial score (nSPS) is 20.8. The Morgan fingerprint density at radius 2 is 1.71 bits per heavy atom. The average molecular weight is 799 g/mol. The molecular weight excluding hydrogens is 750 g/mol. The van der Waals surface area contributed by atoms with Crippen LogP contribution in [0.2, 0.25) is 0 Å². The van der Waals surface area contributed by atoms with Gasteiger partial charge in [0.1, 0.15) is 18.1 Å². The number of carbonyl (C=O) groups is 6. The van der Waals surface area contributed by atoms with E-state index in [1.807, 2.05) is 17.7 Å². The second kappa shape index (κ2) is 20.6. The van der Waals surface area contributed by atoms with Crippen molar-refractivity contribution < 1.29 is 66.9 Å². The van der Waals surface area contributed by atoms with E-state index in [0.29, 0.717) is 19.4 Å². The number of carboxylic acids is 3. The van der Waals surface area contributed by atoms with Crippen molar-refractivity contribution in [1.29, 1.82) is 0 Å². The zero-order chi connectivity index (χ0) is 40.9. The fraction of sp³-hybridized carbons (Fsp3) is 0.588. The molecule has 21 heteroatoms. The van der Waals surface area contributed by atoms with E-state index in [0.717, 1.165) is 32.1 Å². The quantitative estimate of drug-likeness (QED) is 0.114. The number of hydrogen-bond donors (Lipinski definition) is 6. The van der Waals surface area contributed by atoms with E-state index < -0.39 is 88.2 Å². The van der Waals surface area contributed by atoms with Crippen molar-refractivity contribution in [1.82, 2.24) is 26.2 Å². The van der Waals surface area contributed by atoms with Gasteiger partial charge in [-0.25, -0.2) is 23.5 Å². The predicted molar refractivity (Wildman–Crippen MR) is 189 cm³/mol. The Labute approximate surface area is 317 Å². The highest BCUT2D eigenvalue weighted by atomic mass is 32.2. The molecular formula is C34H48N5O15S-. The van der Waals surface area contributed by atoms with Crippen LogP contribution in [-0.2, 0) is 53.0 Å². The molecule has 0 aromatic heterocycles. The molecule has 1 saturated heterocycles. The van der Waals surface area contributed by atoms with E-state index in [1.165, 1.54) is 24.3 Å². The van der Waals surface area contributed by atoms with Gasteiger partial charge in [-0.3, -0.25) is 29.7 Å². The number of ether oxygens (including phenoxy) is 2. The van der Waals surface area contributed by atoms with Gasteiger partial charge in [0.2, 0.25) is 26.7 Å². The second-order valence-electron chi connectivity index (χ2n) is 13.0. The van der Waals surface area contributed by atoms with Gasteiger partial charge in [0, 0.05) is 6.04 Å². The van der Waals surface area contributed by atoms with Gasteiger partial charge in [0.05, 0.1) is 37.0 Å². The van der Waals surface area contributed by atoms with Gasteiger partial charge < -0.3 is 40.2 Å². The first kappa shape index (κ1) is 44.4. The standard InChI is InChI=1S/C19H32N2O5.C15H16N3O10S/c1-4-8-14(19(25)26-5-2)20-12(3)17(22)21-15-10-7-6-9-13(15)11-16(21)18(23)24;19-11(16-10(15(22)23)8-12(20)21)6-7-27-13-14(18(24)28-17-13)29(25,26)9-4-2-1-3-5-9/h12-16,20H,4-11H2,1-3H3,(H,23,24);1-5,10,17H,6-8H2,(H,16,19)(H,20,21)(H,22,23)/q;-1/t12-,13-,14-,15-,16-;10-/m00/s1. The number of nitrogens with zero attached hydrogens (tertiary/aromatic N) is 2. The number of esters is 1. The third kappa shape index (κ3) is 12.0. The maximum Gasteiger partial charge on any atom is 0.326 e. The Morgan fingerprint density at radius 3 is 2.31 bits per heavy atom. The van der Waals surface area contributed by atoms with Crippen LogP contribution in [0.3, 0.4) is 0 Å². The summed E-state index contributed by atoms with van der Waals surface area (Å²) in [5.41, 5.74) is 1.98. The van der Waals surface area contributed by atoms with Gasteiger partial charge >= 0.3 is 23.9 Å². The number of fused-ring (bicyclic) bond motifs is 1. The Balaban J connectivity index is 0.000000297. The molecule has 1 aliphatic carbocycles. The molecule has 6 atom stereocenters. The number of hydroxylamine groups is 3. The van der Waals surface area contributed by atoms with E-state index >= 15 is 0 Å². The Morgan fingerprint density at radius 1 is 1.04 bits per heavy atom. The summed E-state index contributed by atoms with van der Waals surface area (Å²) < 4.78 is 35.3. The van der Waals surface area contributed by atoms with Gasteiger partial charge in [-0.05, 0) is 57.6 Å². The molecule has 1 aromatic rings. The number of benzene rings is 1. The van der Waals surface area contributed by atoms with Crippen LogP contribution in [0.15, 0.2) is 46.1 Å². The molecule has 0 unspecified atom stereocenters. The second-order valence-corrected chi connectivity index (χ2v) is 14.8. The van der Waals surface area contributed by atoms with Crippen LogP contribution in [-0.4, -0.2) is 113 Å². The first-order valence-electron chi connectivity index (χ1n) is 17.8. The van der Waals surface area contributed by atoms with E-state index in [4.69, 9.17) is 19.7 Å². The molecule has 0 radical (unpaired) electrons. The lowest BCUT2D eigenvalue weighted by molar-refractivity contribution is -0.152. The number of likely N-dealkylation sites (tertiary alicyclic amines) is 1. The minimum absolute atomic E-state index is 0.00817. The van der Waals surface area contributed by atoms with E-state index in [2.05, 4.69) is 10.3 Å². The molecule has 55 heavy (non-hydrogen) atoms. The molecule has 6 N–H and O–H groups in total. The van der Waals surface area contributed by atoms with Crippen molar-refractivity contribution in [2.24, 2.45) is 5.92 Å². The number of nitrogens with one attached hydrogen (secondary N) is 3. The molecule has 1 saturated carbocycles. The monoisotopic (exact) mass is 798 g/mol. The summed E-state index contributed by atoms with van der Waals surface area (Å²) in [6.45, 7) is 5.26. The number of carboxylic acid groups (broad SMARTS) is 3. The summed E-state index contributed by atoms with van der Waals surface area (Å²) in [5.74, 6) is -5.61. The number of hydrogen-bond acceptors (Lipinski definition) is 15. The van der Waals surface area contributed by atoms with Gasteiger partial charge in [0.25, 0.3) is 5.88 Å². The lowest BCUT2D eigenvalue weighted by Gasteiger charge is -2.35. The number of amides is 2. The van der Waals surface area contributed by atoms with Crippen molar-refractivity contribution in [3.05, 3.63) is 46.5 Å². The molecule has 306 valence electrons. The van der Waals surface area contributed by atoms with E-state index in [9.17, 15) is 47.5 Å². The summed E-state index contributed by atoms with van der Waals surface area (Å²) in [4.78, 5) is 76.0. The highest BCUT2D eigenvalue weighted by Crippen LogP contribution is 2.40. The fourth-order valence-electron chi connectivity index (χ4n) is 6.56. The number of carbonyl (C=O) groups excluding carboxylic acids is 3. The van der Waals surface area contributed by atoms with E-state index in [-0.39, 0.29) is 34.0 Å². The SMILES string of the molecule is CCC[C@H](N[C@@H](C)C(=O)N1[C@H](C(=O)O)C[C@@H]2CCCC[C@@H]21)C(=O)OCC.O=C(O)C[C@H](NC(=O)CCOC1=C(S(=O)(=O)c2ccccc2)N([O-])ON1)C(=O)O. The Kier molecular flexibility index (Phi) is 16.7. The number of aliphatic carboxylic acids is 3. The molecule has 2 aliphatic heterocycles. The van der Waals surface area contributed by atoms with Gasteiger partial charge in [0.15, 0.2) is 0 Å². The minimum Gasteiger partial charge on any atom is -0.731 e. The van der Waals surface area contributed by atoms with Gasteiger partial charge in [-0.1, -0.05) is 44.4 Å². The van der Waals surface area contributed by atoms with Crippen molar-refractivity contribution in [3.63, 3.8) is 0 Å². The molecule has 2 heterocycles. The van der Waals surface area contributed by atoms with Crippen LogP contribution in [0, 0.1) is 11.1 Å². The molecule has 3 aliphatic rings. The first-order chi connectivity index (χ1) is 26.0. The molecule has 0 spiro atoms. The number of rotatable bonds is 18. The van der Waals surface area contributed by atoms with Crippen molar-refractivity contribution in [2.75, 3.05) is 13.2 Å². The lowest BCUT2D eigenvalue weighted by Crippen LogP contribution is -2.55. The summed E-state index contributed by atoms with van der Waals surface area (Å²) >= 11 is 0. The largest absolute Gasteiger partial charge is 0.731 e. The van der Waals surface area contributed by atoms with Crippen LogP contribution in [0.25, 0.3) is 0 Å². The van der Waals surface area contributed by atoms with Crippen LogP contribution in [0.5, 0.6) is 0 Å². The van der Waals surface area contributed by atoms with E-state index in [1.54, 1.807) is 24.8 Å². The predicted octanol–water partition coefficient (Wildman–Crippen LogP) is 1.23. The fourth-order valence-corrected chi connectivity index (χ4v) is 7.87. The van der Waals surface area contributed by atoms with Crippen molar-refractivity contribution >= 4 is 45.5 Å². The minimum atomic E-state index is -4.29. The lowest BCUT2D eigenvalue weighted by atomic mass is 9.84. The molecule has 1 aromatic carbocycles. The maximum absolute atomic E-state index is 13.1. The van der Waals surface area contributed by atoms with Crippen molar-refractivity contribution in [2.45, 2.75) is 114 Å². The smallest absolute Gasteiger partial charge is 0.326 e. The Hall–Kier alpha value is -4.99. The highest BCUT2D eigenvalue weighted by molar-refractivity contribution is 7.95. The van der Waals surface area contributed by atoms with Crippen LogP contribution in [0.1, 0.15) is 78.6 Å². The van der Waals surface area contributed by atoms with Crippen LogP contribution in [0.4, 0.5) is 0 Å². The summed E-state index contributed by atoms with van der Waals surface area (Å²) in [5, 5.41) is 42.8. The molecule has 2 fully saturated rings. The molecule has 0 bridgehead atoms. The Bertz CT molecular complexity index is 1680. The number of sulfone groups is 1. The van der Waals surface area contributed by atoms with Crippen LogP contribution >= 0.6 is 0 Å². The first-order valence-corrected chi connectivity index (χ1v) is 19.3. The highest BCUT2D eigenvalue weighted by Gasteiger charge is 2.48. The maximum atomic E-state index is 13.1.